The Balaban J connectivity index is 1.69. The number of carboxylic acids is 1. The topological polar surface area (TPSA) is 114 Å². The van der Waals surface area contributed by atoms with Crippen LogP contribution in [0.2, 0.25) is 0 Å². The van der Waals surface area contributed by atoms with E-state index in [1.165, 1.54) is 7.11 Å². The van der Waals surface area contributed by atoms with Crippen molar-refractivity contribution in [3.63, 3.8) is 0 Å². The first kappa shape index (κ1) is 26.2. The summed E-state index contributed by atoms with van der Waals surface area (Å²) in [6.07, 6.45) is -1.66. The smallest absolute Gasteiger partial charge is 0.407 e. The van der Waals surface area contributed by atoms with Crippen LogP contribution in [-0.4, -0.2) is 55.0 Å². The molecule has 1 aliphatic carbocycles. The van der Waals surface area contributed by atoms with Crippen LogP contribution in [0.25, 0.3) is 11.1 Å². The number of carboxylic acid groups (broad SMARTS) is 1. The van der Waals surface area contributed by atoms with E-state index in [1.807, 2.05) is 57.2 Å². The minimum Gasteiger partial charge on any atom is -0.481 e. The third-order valence-electron chi connectivity index (χ3n) is 6.48. The van der Waals surface area contributed by atoms with E-state index in [1.54, 1.807) is 6.92 Å². The Morgan fingerprint density at radius 1 is 0.971 bits per heavy atom. The molecule has 8 nitrogen and oxygen atoms in total. The van der Waals surface area contributed by atoms with E-state index < -0.39 is 41.6 Å². The Bertz CT molecular complexity index is 1030. The second-order valence-electron chi connectivity index (χ2n) is 9.91. The van der Waals surface area contributed by atoms with Crippen molar-refractivity contribution in [1.82, 2.24) is 10.6 Å². The summed E-state index contributed by atoms with van der Waals surface area (Å²) in [6, 6.07) is 14.3. The number of alkyl carbamates (subject to hydrolysis) is 1. The lowest BCUT2D eigenvalue weighted by molar-refractivity contribution is -0.138. The monoisotopic (exact) mass is 482 g/mol. The number of ether oxygens (including phenoxy) is 2. The summed E-state index contributed by atoms with van der Waals surface area (Å²) in [6.45, 7) is 7.29. The summed E-state index contributed by atoms with van der Waals surface area (Å²) < 4.78 is 10.9. The summed E-state index contributed by atoms with van der Waals surface area (Å²) >= 11 is 0. The van der Waals surface area contributed by atoms with Crippen molar-refractivity contribution < 1.29 is 29.0 Å². The summed E-state index contributed by atoms with van der Waals surface area (Å²) in [5, 5.41) is 14.6. The SMILES string of the molecule is CO[C@H](C)[C@H](NC(=O)OCC1c2ccccc2-c2ccccc21)C(=O)NC(CC(=O)O)C(C)(C)C. The number of methoxy groups -OCH3 is 1. The van der Waals surface area contributed by atoms with E-state index in [4.69, 9.17) is 9.47 Å². The minimum absolute atomic E-state index is 0.110. The Morgan fingerprint density at radius 2 is 1.51 bits per heavy atom. The number of nitrogens with one attached hydrogen (secondary N) is 2. The molecule has 0 aromatic heterocycles. The van der Waals surface area contributed by atoms with E-state index in [9.17, 15) is 19.5 Å². The molecule has 0 aliphatic heterocycles. The molecule has 0 saturated heterocycles. The molecule has 2 amide bonds. The predicted octanol–water partition coefficient (Wildman–Crippen LogP) is 3.93. The fourth-order valence-electron chi connectivity index (χ4n) is 4.31. The number of aliphatic carboxylic acids is 1. The van der Waals surface area contributed by atoms with Gasteiger partial charge in [-0.2, -0.15) is 0 Å². The highest BCUT2D eigenvalue weighted by Gasteiger charge is 2.35. The molecule has 188 valence electrons. The molecule has 0 fully saturated rings. The second-order valence-corrected chi connectivity index (χ2v) is 9.91. The number of hydrogen-bond acceptors (Lipinski definition) is 5. The Kier molecular flexibility index (Phi) is 8.17. The highest BCUT2D eigenvalue weighted by atomic mass is 16.5. The minimum atomic E-state index is -1.06. The van der Waals surface area contributed by atoms with E-state index in [0.29, 0.717) is 0 Å². The van der Waals surface area contributed by atoms with Crippen molar-refractivity contribution in [1.29, 1.82) is 0 Å². The van der Waals surface area contributed by atoms with Crippen LogP contribution in [0, 0.1) is 5.41 Å². The molecule has 1 aliphatic rings. The van der Waals surface area contributed by atoms with Crippen molar-refractivity contribution in [2.45, 2.75) is 58.2 Å². The van der Waals surface area contributed by atoms with Gasteiger partial charge in [0.1, 0.15) is 12.6 Å². The molecular weight excluding hydrogens is 448 g/mol. The van der Waals surface area contributed by atoms with Crippen molar-refractivity contribution in [3.8, 4) is 11.1 Å². The maximum Gasteiger partial charge on any atom is 0.407 e. The number of benzene rings is 2. The van der Waals surface area contributed by atoms with Gasteiger partial charge >= 0.3 is 12.1 Å². The maximum atomic E-state index is 13.1. The molecule has 0 heterocycles. The number of amides is 2. The Morgan fingerprint density at radius 3 is 2.00 bits per heavy atom. The van der Waals surface area contributed by atoms with E-state index in [0.717, 1.165) is 22.3 Å². The van der Waals surface area contributed by atoms with Gasteiger partial charge in [-0.3, -0.25) is 9.59 Å². The van der Waals surface area contributed by atoms with Crippen molar-refractivity contribution >= 4 is 18.0 Å². The van der Waals surface area contributed by atoms with Crippen LogP contribution in [-0.2, 0) is 19.1 Å². The second kappa shape index (κ2) is 10.9. The fourth-order valence-corrected chi connectivity index (χ4v) is 4.31. The molecule has 3 rings (SSSR count). The summed E-state index contributed by atoms with van der Waals surface area (Å²) in [5.74, 6) is -1.67. The molecule has 0 saturated carbocycles. The first-order chi connectivity index (χ1) is 16.5. The van der Waals surface area contributed by atoms with Gasteiger partial charge in [0.15, 0.2) is 0 Å². The number of hydrogen-bond donors (Lipinski definition) is 3. The molecule has 35 heavy (non-hydrogen) atoms. The molecule has 0 radical (unpaired) electrons. The van der Waals surface area contributed by atoms with Gasteiger partial charge in [-0.05, 0) is 34.6 Å². The third-order valence-corrected chi connectivity index (χ3v) is 6.48. The quantitative estimate of drug-likeness (QED) is 0.499. The normalized spacial score (nSPS) is 15.3. The lowest BCUT2D eigenvalue weighted by atomic mass is 9.84. The molecule has 3 N–H and O–H groups in total. The zero-order valence-corrected chi connectivity index (χ0v) is 20.8. The highest BCUT2D eigenvalue weighted by Crippen LogP contribution is 2.44. The molecule has 8 heteroatoms. The lowest BCUT2D eigenvalue weighted by Crippen LogP contribution is -2.57. The molecule has 0 bridgehead atoms. The summed E-state index contributed by atoms with van der Waals surface area (Å²) in [4.78, 5) is 37.1. The summed E-state index contributed by atoms with van der Waals surface area (Å²) in [7, 11) is 1.43. The zero-order chi connectivity index (χ0) is 25.8. The highest BCUT2D eigenvalue weighted by molar-refractivity contribution is 5.87. The van der Waals surface area contributed by atoms with Crippen LogP contribution >= 0.6 is 0 Å². The van der Waals surface area contributed by atoms with Crippen LogP contribution in [0.4, 0.5) is 4.79 Å². The Labute approximate surface area is 206 Å². The van der Waals surface area contributed by atoms with Gasteiger partial charge in [0, 0.05) is 19.1 Å². The predicted molar refractivity (Wildman–Crippen MR) is 132 cm³/mol. The van der Waals surface area contributed by atoms with Crippen LogP contribution in [0.3, 0.4) is 0 Å². The largest absolute Gasteiger partial charge is 0.481 e. The van der Waals surface area contributed by atoms with Gasteiger partial charge in [0.05, 0.1) is 12.5 Å². The van der Waals surface area contributed by atoms with Gasteiger partial charge in [0.25, 0.3) is 0 Å². The van der Waals surface area contributed by atoms with Gasteiger partial charge < -0.3 is 25.2 Å². The zero-order valence-electron chi connectivity index (χ0n) is 20.8. The first-order valence-corrected chi connectivity index (χ1v) is 11.7. The van der Waals surface area contributed by atoms with E-state index in [2.05, 4.69) is 22.8 Å². The number of carbonyl (C=O) groups is 3. The molecule has 0 spiro atoms. The fraction of sp³-hybridized carbons (Fsp3) is 0.444. The molecule has 2 aromatic rings. The number of fused-ring (bicyclic) bond motifs is 3. The number of carbonyl (C=O) groups excluding carboxylic acids is 2. The van der Waals surface area contributed by atoms with Crippen molar-refractivity contribution in [2.24, 2.45) is 5.41 Å². The van der Waals surface area contributed by atoms with Gasteiger partial charge in [-0.1, -0.05) is 69.3 Å². The molecular formula is C27H34N2O6. The van der Waals surface area contributed by atoms with Crippen molar-refractivity contribution in [3.05, 3.63) is 59.7 Å². The molecule has 2 aromatic carbocycles. The maximum absolute atomic E-state index is 13.1. The lowest BCUT2D eigenvalue weighted by Gasteiger charge is -2.32. The average molecular weight is 483 g/mol. The van der Waals surface area contributed by atoms with Gasteiger partial charge in [-0.25, -0.2) is 4.79 Å². The Hall–Kier alpha value is -3.39. The average Bonchev–Trinajstić information content (AvgIpc) is 3.13. The van der Waals surface area contributed by atoms with Crippen LogP contribution in [0.15, 0.2) is 48.5 Å². The van der Waals surface area contributed by atoms with Crippen LogP contribution in [0.5, 0.6) is 0 Å². The standard InChI is InChI=1S/C27H34N2O6/c1-16(34-5)24(25(32)28-22(14-23(30)31)27(2,3)4)29-26(33)35-15-21-19-12-8-6-10-17(19)18-11-7-9-13-20(18)21/h6-13,16,21-22,24H,14-15H2,1-5H3,(H,28,32)(H,29,33)(H,30,31)/t16-,22?,24+/m1/s1. The van der Waals surface area contributed by atoms with Crippen LogP contribution in [0.1, 0.15) is 51.2 Å². The first-order valence-electron chi connectivity index (χ1n) is 11.7. The summed E-state index contributed by atoms with van der Waals surface area (Å²) in [5.41, 5.74) is 3.91. The van der Waals surface area contributed by atoms with E-state index in [-0.39, 0.29) is 18.9 Å². The third kappa shape index (κ3) is 6.19. The number of rotatable bonds is 9. The molecule has 1 unspecified atom stereocenters. The van der Waals surface area contributed by atoms with Gasteiger partial charge in [-0.15, -0.1) is 0 Å². The molecule has 3 atom stereocenters. The van der Waals surface area contributed by atoms with E-state index >= 15 is 0 Å². The van der Waals surface area contributed by atoms with Crippen LogP contribution < -0.4 is 10.6 Å². The van der Waals surface area contributed by atoms with Crippen molar-refractivity contribution in [2.75, 3.05) is 13.7 Å². The van der Waals surface area contributed by atoms with Gasteiger partial charge in [0.2, 0.25) is 5.91 Å².